The number of anilines is 1. The summed E-state index contributed by atoms with van der Waals surface area (Å²) in [6.45, 7) is 5.88. The summed E-state index contributed by atoms with van der Waals surface area (Å²) in [4.78, 5) is 11.8. The molecular formula is C16H17NO2. The molecule has 1 heterocycles. The molecule has 0 bridgehead atoms. The fourth-order valence-electron chi connectivity index (χ4n) is 1.93. The van der Waals surface area contributed by atoms with Crippen LogP contribution in [0.5, 0.6) is 0 Å². The van der Waals surface area contributed by atoms with Crippen molar-refractivity contribution in [3.63, 3.8) is 0 Å². The molecule has 2 aromatic rings. The molecule has 1 amide bonds. The van der Waals surface area contributed by atoms with Gasteiger partial charge in [-0.25, -0.2) is 0 Å². The lowest BCUT2D eigenvalue weighted by molar-refractivity contribution is -0.111. The lowest BCUT2D eigenvalue weighted by atomic mass is 10.1. The van der Waals surface area contributed by atoms with Crippen molar-refractivity contribution in [2.24, 2.45) is 0 Å². The zero-order valence-corrected chi connectivity index (χ0v) is 11.4. The highest BCUT2D eigenvalue weighted by atomic mass is 16.3. The quantitative estimate of drug-likeness (QED) is 0.846. The summed E-state index contributed by atoms with van der Waals surface area (Å²) in [5, 5.41) is 2.83. The van der Waals surface area contributed by atoms with E-state index >= 15 is 0 Å². The van der Waals surface area contributed by atoms with Gasteiger partial charge in [0.05, 0.1) is 0 Å². The second kappa shape index (κ2) is 5.57. The molecule has 1 aromatic heterocycles. The number of nitrogens with one attached hydrogen (secondary N) is 1. The average molecular weight is 255 g/mol. The van der Waals surface area contributed by atoms with E-state index in [9.17, 15) is 4.79 Å². The molecular weight excluding hydrogens is 238 g/mol. The molecule has 0 aliphatic rings. The number of rotatable bonds is 3. The summed E-state index contributed by atoms with van der Waals surface area (Å²) in [6.07, 6.45) is 3.13. The Hall–Kier alpha value is -2.29. The monoisotopic (exact) mass is 255 g/mol. The smallest absolute Gasteiger partial charge is 0.248 e. The minimum atomic E-state index is -0.168. The number of hydrogen-bond acceptors (Lipinski definition) is 2. The molecule has 98 valence electrons. The van der Waals surface area contributed by atoms with E-state index < -0.39 is 0 Å². The lowest BCUT2D eigenvalue weighted by Crippen LogP contribution is -2.07. The van der Waals surface area contributed by atoms with Crippen molar-refractivity contribution in [1.29, 1.82) is 0 Å². The molecule has 0 saturated carbocycles. The molecule has 3 heteroatoms. The Labute approximate surface area is 112 Å². The summed E-state index contributed by atoms with van der Waals surface area (Å²) in [5.74, 6) is 1.33. The third-order valence-electron chi connectivity index (χ3n) is 2.65. The first-order chi connectivity index (χ1) is 9.02. The molecule has 0 unspecified atom stereocenters. The van der Waals surface area contributed by atoms with Crippen LogP contribution in [-0.2, 0) is 4.79 Å². The molecule has 0 aliphatic carbocycles. The van der Waals surface area contributed by atoms with Gasteiger partial charge in [0.25, 0.3) is 0 Å². The van der Waals surface area contributed by atoms with E-state index in [0.717, 1.165) is 22.6 Å². The van der Waals surface area contributed by atoms with Gasteiger partial charge in [-0.1, -0.05) is 6.07 Å². The lowest BCUT2D eigenvalue weighted by Gasteiger charge is -2.05. The zero-order valence-electron chi connectivity index (χ0n) is 11.4. The van der Waals surface area contributed by atoms with Gasteiger partial charge in [-0.3, -0.25) is 4.79 Å². The van der Waals surface area contributed by atoms with Gasteiger partial charge in [-0.15, -0.1) is 0 Å². The molecule has 0 aliphatic heterocycles. The molecule has 0 saturated heterocycles. The predicted octanol–water partition coefficient (Wildman–Crippen LogP) is 3.86. The Kier molecular flexibility index (Phi) is 3.85. The van der Waals surface area contributed by atoms with Crippen LogP contribution in [0.15, 0.2) is 40.8 Å². The first-order valence-electron chi connectivity index (χ1n) is 6.17. The predicted molar refractivity (Wildman–Crippen MR) is 77.0 cm³/mol. The van der Waals surface area contributed by atoms with Gasteiger partial charge in [-0.05, 0) is 62.2 Å². The van der Waals surface area contributed by atoms with Gasteiger partial charge < -0.3 is 9.73 Å². The summed E-state index contributed by atoms with van der Waals surface area (Å²) >= 11 is 0. The van der Waals surface area contributed by atoms with Crippen molar-refractivity contribution in [2.75, 3.05) is 5.32 Å². The highest BCUT2D eigenvalue weighted by molar-refractivity contribution is 6.01. The van der Waals surface area contributed by atoms with Crippen LogP contribution >= 0.6 is 0 Å². The topological polar surface area (TPSA) is 42.2 Å². The van der Waals surface area contributed by atoms with Crippen LogP contribution in [0, 0.1) is 20.8 Å². The minimum Gasteiger partial charge on any atom is -0.462 e. The number of hydrogen-bond donors (Lipinski definition) is 1. The Bertz CT molecular complexity index is 603. The van der Waals surface area contributed by atoms with E-state index in [2.05, 4.69) is 11.4 Å². The standard InChI is InChI=1S/C16H17NO2/c1-11-8-12(2)10-14(9-11)17-16(18)7-6-15-5-4-13(3)19-15/h4-10H,1-3H3,(H,17,18). The van der Waals surface area contributed by atoms with E-state index in [4.69, 9.17) is 4.42 Å². The third kappa shape index (κ3) is 3.85. The number of carbonyl (C=O) groups is 1. The van der Waals surface area contributed by atoms with Crippen molar-refractivity contribution in [1.82, 2.24) is 0 Å². The Morgan fingerprint density at radius 1 is 1.11 bits per heavy atom. The van der Waals surface area contributed by atoms with Crippen LogP contribution < -0.4 is 5.32 Å². The largest absolute Gasteiger partial charge is 0.462 e. The van der Waals surface area contributed by atoms with Crippen LogP contribution in [0.1, 0.15) is 22.6 Å². The number of aryl methyl sites for hydroxylation is 3. The third-order valence-corrected chi connectivity index (χ3v) is 2.65. The maximum atomic E-state index is 11.8. The van der Waals surface area contributed by atoms with Gasteiger partial charge in [0.1, 0.15) is 11.5 Å². The molecule has 1 aromatic carbocycles. The summed E-state index contributed by atoms with van der Waals surface area (Å²) in [6, 6.07) is 9.64. The number of furan rings is 1. The summed E-state index contributed by atoms with van der Waals surface area (Å²) in [7, 11) is 0. The molecule has 0 radical (unpaired) electrons. The fourth-order valence-corrected chi connectivity index (χ4v) is 1.93. The fraction of sp³-hybridized carbons (Fsp3) is 0.188. The molecule has 19 heavy (non-hydrogen) atoms. The second-order valence-electron chi connectivity index (χ2n) is 4.65. The summed E-state index contributed by atoms with van der Waals surface area (Å²) < 4.78 is 5.36. The van der Waals surface area contributed by atoms with Crippen LogP contribution in [0.3, 0.4) is 0 Å². The maximum absolute atomic E-state index is 11.8. The van der Waals surface area contributed by atoms with Crippen LogP contribution in [0.25, 0.3) is 6.08 Å². The van der Waals surface area contributed by atoms with E-state index in [1.807, 2.05) is 45.0 Å². The Morgan fingerprint density at radius 3 is 2.37 bits per heavy atom. The van der Waals surface area contributed by atoms with Gasteiger partial charge in [-0.2, -0.15) is 0 Å². The number of carbonyl (C=O) groups excluding carboxylic acids is 1. The van der Waals surface area contributed by atoms with Gasteiger partial charge >= 0.3 is 0 Å². The van der Waals surface area contributed by atoms with Crippen molar-refractivity contribution in [2.45, 2.75) is 20.8 Å². The molecule has 0 fully saturated rings. The summed E-state index contributed by atoms with van der Waals surface area (Å²) in [5.41, 5.74) is 3.06. The number of benzene rings is 1. The molecule has 2 rings (SSSR count). The Morgan fingerprint density at radius 2 is 1.79 bits per heavy atom. The van der Waals surface area contributed by atoms with E-state index in [1.165, 1.54) is 6.08 Å². The van der Waals surface area contributed by atoms with Gasteiger partial charge in [0.15, 0.2) is 0 Å². The van der Waals surface area contributed by atoms with Crippen LogP contribution in [0.2, 0.25) is 0 Å². The van der Waals surface area contributed by atoms with Crippen molar-refractivity contribution < 1.29 is 9.21 Å². The van der Waals surface area contributed by atoms with Gasteiger partial charge in [0.2, 0.25) is 5.91 Å². The van der Waals surface area contributed by atoms with Crippen molar-refractivity contribution >= 4 is 17.7 Å². The second-order valence-corrected chi connectivity index (χ2v) is 4.65. The molecule has 0 spiro atoms. The Balaban J connectivity index is 2.03. The van der Waals surface area contributed by atoms with Crippen molar-refractivity contribution in [3.05, 3.63) is 59.1 Å². The zero-order chi connectivity index (χ0) is 13.8. The van der Waals surface area contributed by atoms with Gasteiger partial charge in [0, 0.05) is 11.8 Å². The van der Waals surface area contributed by atoms with Crippen LogP contribution in [-0.4, -0.2) is 5.91 Å². The highest BCUT2D eigenvalue weighted by Crippen LogP contribution is 2.14. The number of amides is 1. The highest BCUT2D eigenvalue weighted by Gasteiger charge is 2.00. The first-order valence-corrected chi connectivity index (χ1v) is 6.17. The normalized spacial score (nSPS) is 10.9. The average Bonchev–Trinajstić information content (AvgIpc) is 2.71. The molecule has 1 N–H and O–H groups in total. The first kappa shape index (κ1) is 13.1. The van der Waals surface area contributed by atoms with E-state index in [1.54, 1.807) is 6.08 Å². The molecule has 0 atom stereocenters. The maximum Gasteiger partial charge on any atom is 0.248 e. The van der Waals surface area contributed by atoms with Crippen LogP contribution in [0.4, 0.5) is 5.69 Å². The molecule has 3 nitrogen and oxygen atoms in total. The van der Waals surface area contributed by atoms with E-state index in [-0.39, 0.29) is 5.91 Å². The van der Waals surface area contributed by atoms with E-state index in [0.29, 0.717) is 5.76 Å². The SMILES string of the molecule is Cc1cc(C)cc(NC(=O)C=Cc2ccc(C)o2)c1. The minimum absolute atomic E-state index is 0.168. The van der Waals surface area contributed by atoms with Crippen molar-refractivity contribution in [3.8, 4) is 0 Å².